The van der Waals surface area contributed by atoms with Gasteiger partial charge in [-0.3, -0.25) is 4.72 Å². The zero-order valence-corrected chi connectivity index (χ0v) is 12.0. The van der Waals surface area contributed by atoms with Gasteiger partial charge in [0.15, 0.2) is 5.82 Å². The second-order valence-electron chi connectivity index (χ2n) is 3.95. The lowest BCUT2D eigenvalue weighted by Gasteiger charge is -2.11. The summed E-state index contributed by atoms with van der Waals surface area (Å²) in [6, 6.07) is 5.36. The van der Waals surface area contributed by atoms with Crippen LogP contribution in [-0.4, -0.2) is 18.4 Å². The van der Waals surface area contributed by atoms with E-state index in [1.807, 2.05) is 0 Å². The standard InChI is InChI=1S/C12H9F2N3O2S2/c13-7-3-4-10(8(6-7)11(15)20)17-21(18,19)12-9(14)2-1-5-16-12/h1-6,17H,(H2,15,20). The maximum Gasteiger partial charge on any atom is 0.282 e. The van der Waals surface area contributed by atoms with Crippen molar-refractivity contribution in [2.45, 2.75) is 5.03 Å². The second kappa shape index (κ2) is 5.70. The van der Waals surface area contributed by atoms with Gasteiger partial charge in [0.25, 0.3) is 10.0 Å². The number of nitrogens with zero attached hydrogens (tertiary/aromatic N) is 1. The third-order valence-corrected chi connectivity index (χ3v) is 3.99. The van der Waals surface area contributed by atoms with E-state index >= 15 is 0 Å². The smallest absolute Gasteiger partial charge is 0.282 e. The molecule has 0 bridgehead atoms. The summed E-state index contributed by atoms with van der Waals surface area (Å²) in [5.74, 6) is -1.64. The van der Waals surface area contributed by atoms with Gasteiger partial charge in [-0.15, -0.1) is 0 Å². The van der Waals surface area contributed by atoms with Crippen LogP contribution in [0.15, 0.2) is 41.6 Å². The van der Waals surface area contributed by atoms with Gasteiger partial charge in [-0.05, 0) is 30.3 Å². The maximum atomic E-state index is 13.5. The number of hydrogen-bond donors (Lipinski definition) is 2. The van der Waals surface area contributed by atoms with Crippen LogP contribution in [0, 0.1) is 11.6 Å². The average molecular weight is 329 g/mol. The molecule has 0 aliphatic heterocycles. The molecule has 0 saturated carbocycles. The van der Waals surface area contributed by atoms with Crippen molar-refractivity contribution in [1.29, 1.82) is 0 Å². The zero-order chi connectivity index (χ0) is 15.6. The number of halogens is 2. The highest BCUT2D eigenvalue weighted by Crippen LogP contribution is 2.21. The van der Waals surface area contributed by atoms with Crippen molar-refractivity contribution >= 4 is 32.9 Å². The van der Waals surface area contributed by atoms with Gasteiger partial charge in [-0.25, -0.2) is 13.8 Å². The van der Waals surface area contributed by atoms with Crippen LogP contribution in [0.3, 0.4) is 0 Å². The molecule has 0 unspecified atom stereocenters. The Balaban J connectivity index is 2.47. The molecule has 0 amide bonds. The fourth-order valence-corrected chi connectivity index (χ4v) is 2.83. The summed E-state index contributed by atoms with van der Waals surface area (Å²) < 4.78 is 53.0. The molecule has 0 saturated heterocycles. The summed E-state index contributed by atoms with van der Waals surface area (Å²) in [5, 5.41) is -0.775. The molecular formula is C12H9F2N3O2S2. The summed E-state index contributed by atoms with van der Waals surface area (Å²) in [4.78, 5) is 3.27. The quantitative estimate of drug-likeness (QED) is 0.836. The molecule has 1 aromatic heterocycles. The van der Waals surface area contributed by atoms with Gasteiger partial charge in [0.1, 0.15) is 10.8 Å². The Morgan fingerprint density at radius 3 is 2.62 bits per heavy atom. The summed E-state index contributed by atoms with van der Waals surface area (Å²) in [6.45, 7) is 0. The fourth-order valence-electron chi connectivity index (χ4n) is 1.57. The van der Waals surface area contributed by atoms with E-state index in [-0.39, 0.29) is 16.2 Å². The first-order valence-corrected chi connectivity index (χ1v) is 7.43. The number of nitrogens with one attached hydrogen (secondary N) is 1. The SMILES string of the molecule is NC(=S)c1cc(F)ccc1NS(=O)(=O)c1ncccc1F. The van der Waals surface area contributed by atoms with Gasteiger partial charge in [-0.1, -0.05) is 12.2 Å². The predicted octanol–water partition coefficient (Wildman–Crippen LogP) is 1.79. The molecular weight excluding hydrogens is 320 g/mol. The molecule has 0 fully saturated rings. The van der Waals surface area contributed by atoms with Gasteiger partial charge >= 0.3 is 0 Å². The summed E-state index contributed by atoms with van der Waals surface area (Å²) >= 11 is 4.73. The number of rotatable bonds is 4. The highest BCUT2D eigenvalue weighted by atomic mass is 32.2. The molecule has 2 aromatic rings. The van der Waals surface area contributed by atoms with Crippen molar-refractivity contribution in [1.82, 2.24) is 4.98 Å². The second-order valence-corrected chi connectivity index (χ2v) is 5.99. The van der Waals surface area contributed by atoms with E-state index in [1.165, 1.54) is 6.07 Å². The first-order valence-electron chi connectivity index (χ1n) is 5.54. The zero-order valence-electron chi connectivity index (χ0n) is 10.4. The average Bonchev–Trinajstić information content (AvgIpc) is 2.40. The number of aromatic nitrogens is 1. The van der Waals surface area contributed by atoms with Crippen molar-refractivity contribution in [3.8, 4) is 0 Å². The Hall–Kier alpha value is -2.13. The van der Waals surface area contributed by atoms with E-state index in [0.717, 1.165) is 30.5 Å². The highest BCUT2D eigenvalue weighted by Gasteiger charge is 2.22. The number of thiocarbonyl (C=S) groups is 1. The molecule has 0 spiro atoms. The van der Waals surface area contributed by atoms with E-state index in [2.05, 4.69) is 9.71 Å². The van der Waals surface area contributed by atoms with Gasteiger partial charge < -0.3 is 5.73 Å². The Bertz CT molecular complexity index is 810. The minimum absolute atomic E-state index is 0.00934. The Labute approximate surface area is 124 Å². The minimum Gasteiger partial charge on any atom is -0.389 e. The lowest BCUT2D eigenvalue weighted by Crippen LogP contribution is -2.20. The summed E-state index contributed by atoms with van der Waals surface area (Å²) in [5.41, 5.74) is 5.34. The predicted molar refractivity (Wildman–Crippen MR) is 77.3 cm³/mol. The van der Waals surface area contributed by atoms with Crippen molar-refractivity contribution in [3.63, 3.8) is 0 Å². The largest absolute Gasteiger partial charge is 0.389 e. The fraction of sp³-hybridized carbons (Fsp3) is 0. The van der Waals surface area contributed by atoms with Crippen molar-refractivity contribution in [3.05, 3.63) is 53.7 Å². The maximum absolute atomic E-state index is 13.5. The number of benzene rings is 1. The van der Waals surface area contributed by atoms with Crippen molar-refractivity contribution < 1.29 is 17.2 Å². The molecule has 3 N–H and O–H groups in total. The van der Waals surface area contributed by atoms with Crippen LogP contribution in [0.4, 0.5) is 14.5 Å². The van der Waals surface area contributed by atoms with E-state index in [0.29, 0.717) is 0 Å². The lowest BCUT2D eigenvalue weighted by molar-refractivity contribution is 0.556. The number of anilines is 1. The summed E-state index contributed by atoms with van der Waals surface area (Å²) in [7, 11) is -4.29. The Morgan fingerprint density at radius 1 is 1.29 bits per heavy atom. The van der Waals surface area contributed by atoms with Crippen LogP contribution in [0.25, 0.3) is 0 Å². The Morgan fingerprint density at radius 2 is 2.00 bits per heavy atom. The Kier molecular flexibility index (Phi) is 4.14. The van der Waals surface area contributed by atoms with Gasteiger partial charge in [-0.2, -0.15) is 8.42 Å². The van der Waals surface area contributed by atoms with Crippen LogP contribution >= 0.6 is 12.2 Å². The van der Waals surface area contributed by atoms with E-state index in [1.54, 1.807) is 0 Å². The van der Waals surface area contributed by atoms with Crippen LogP contribution < -0.4 is 10.5 Å². The number of nitrogens with two attached hydrogens (primary N) is 1. The van der Waals surface area contributed by atoms with Crippen LogP contribution in [0.2, 0.25) is 0 Å². The molecule has 0 atom stereocenters. The van der Waals surface area contributed by atoms with Gasteiger partial charge in [0, 0.05) is 11.8 Å². The minimum atomic E-state index is -4.29. The monoisotopic (exact) mass is 329 g/mol. The molecule has 0 aliphatic carbocycles. The molecule has 1 heterocycles. The molecule has 0 radical (unpaired) electrons. The molecule has 1 aromatic carbocycles. The normalized spacial score (nSPS) is 11.1. The van der Waals surface area contributed by atoms with E-state index < -0.39 is 26.7 Å². The first kappa shape index (κ1) is 15.3. The van der Waals surface area contributed by atoms with E-state index in [4.69, 9.17) is 18.0 Å². The molecule has 2 rings (SSSR count). The van der Waals surface area contributed by atoms with Crippen molar-refractivity contribution in [2.24, 2.45) is 5.73 Å². The molecule has 110 valence electrons. The van der Waals surface area contributed by atoms with Gasteiger partial charge in [0.2, 0.25) is 5.03 Å². The first-order chi connectivity index (χ1) is 9.81. The highest BCUT2D eigenvalue weighted by molar-refractivity contribution is 7.92. The number of pyridine rings is 1. The molecule has 0 aliphatic rings. The van der Waals surface area contributed by atoms with Crippen molar-refractivity contribution in [2.75, 3.05) is 4.72 Å². The molecule has 21 heavy (non-hydrogen) atoms. The van der Waals surface area contributed by atoms with Gasteiger partial charge in [0.05, 0.1) is 5.69 Å². The summed E-state index contributed by atoms with van der Waals surface area (Å²) in [6.07, 6.45) is 1.14. The molecule has 9 heteroatoms. The van der Waals surface area contributed by atoms with Crippen LogP contribution in [0.5, 0.6) is 0 Å². The topological polar surface area (TPSA) is 85.1 Å². The van der Waals surface area contributed by atoms with Crippen LogP contribution in [-0.2, 0) is 10.0 Å². The number of hydrogen-bond acceptors (Lipinski definition) is 4. The third-order valence-electron chi connectivity index (χ3n) is 2.47. The number of sulfonamides is 1. The third kappa shape index (κ3) is 3.31. The van der Waals surface area contributed by atoms with Crippen LogP contribution in [0.1, 0.15) is 5.56 Å². The lowest BCUT2D eigenvalue weighted by atomic mass is 10.2. The van der Waals surface area contributed by atoms with E-state index in [9.17, 15) is 17.2 Å². The molecule has 5 nitrogen and oxygen atoms in total.